The third-order valence-corrected chi connectivity index (χ3v) is 2.73. The summed E-state index contributed by atoms with van der Waals surface area (Å²) in [5.74, 6) is 0. The molecule has 0 aliphatic heterocycles. The van der Waals surface area contributed by atoms with Gasteiger partial charge in [0.05, 0.1) is 5.54 Å². The van der Waals surface area contributed by atoms with Crippen molar-refractivity contribution >= 4 is 11.6 Å². The smallest absolute Gasteiger partial charge is 0.0615 e. The molecule has 0 aliphatic carbocycles. The van der Waals surface area contributed by atoms with Gasteiger partial charge in [0.15, 0.2) is 0 Å². The van der Waals surface area contributed by atoms with Gasteiger partial charge in [-0.15, -0.1) is 11.6 Å². The van der Waals surface area contributed by atoms with Crippen molar-refractivity contribution in [1.82, 2.24) is 0 Å². The molecule has 0 fully saturated rings. The van der Waals surface area contributed by atoms with Crippen LogP contribution >= 0.6 is 0 Å². The normalized spacial score (nSPS) is 15.1. The van der Waals surface area contributed by atoms with Gasteiger partial charge in [-0.25, -0.2) is 0 Å². The second-order valence-corrected chi connectivity index (χ2v) is 6.28. The van der Waals surface area contributed by atoms with E-state index in [9.17, 15) is 0 Å². The molecule has 0 aromatic rings. The van der Waals surface area contributed by atoms with Gasteiger partial charge in [0.2, 0.25) is 0 Å². The van der Waals surface area contributed by atoms with Crippen LogP contribution in [0.15, 0.2) is 4.36 Å². The third-order valence-electron chi connectivity index (χ3n) is 1.49. The van der Waals surface area contributed by atoms with E-state index < -0.39 is 0 Å². The lowest BCUT2D eigenvalue weighted by Crippen LogP contribution is -2.18. The van der Waals surface area contributed by atoms with Crippen LogP contribution in [0.2, 0.25) is 0 Å². The minimum Gasteiger partial charge on any atom is -0.261 e. The van der Waals surface area contributed by atoms with E-state index in [4.69, 9.17) is 0 Å². The molecule has 0 aromatic carbocycles. The number of thiol groups is 1. The highest BCUT2D eigenvalue weighted by molar-refractivity contribution is 7.69. The van der Waals surface area contributed by atoms with Crippen LogP contribution in [0.5, 0.6) is 0 Å². The Kier molecular flexibility index (Phi) is 3.75. The molecule has 0 radical (unpaired) electrons. The van der Waals surface area contributed by atoms with Crippen molar-refractivity contribution in [1.29, 1.82) is 0 Å². The quantitative estimate of drug-likeness (QED) is 0.620. The third kappa shape index (κ3) is 6.54. The molecule has 1 nitrogen and oxygen atoms in total. The molecule has 68 valence electrons. The molecule has 0 aliphatic rings. The highest BCUT2D eigenvalue weighted by atomic mass is 32.1. The van der Waals surface area contributed by atoms with Crippen molar-refractivity contribution < 1.29 is 0 Å². The van der Waals surface area contributed by atoms with E-state index in [-0.39, 0.29) is 5.54 Å². The average Bonchev–Trinajstić information content (AvgIpc) is 1.83. The van der Waals surface area contributed by atoms with Gasteiger partial charge < -0.3 is 0 Å². The Morgan fingerprint density at radius 1 is 1.09 bits per heavy atom. The Balaban J connectivity index is 4.13. The summed E-state index contributed by atoms with van der Waals surface area (Å²) in [5, 5.41) is 0. The van der Waals surface area contributed by atoms with Crippen LogP contribution in [0.3, 0.4) is 0 Å². The summed E-state index contributed by atoms with van der Waals surface area (Å²) in [5.41, 5.74) is 0.162. The van der Waals surface area contributed by atoms with Crippen LogP contribution in [-0.2, 0) is 11.6 Å². The lowest BCUT2D eigenvalue weighted by Gasteiger charge is -2.19. The van der Waals surface area contributed by atoms with Crippen LogP contribution in [0.1, 0.15) is 48.0 Å². The molecule has 0 rings (SSSR count). The lowest BCUT2D eigenvalue weighted by molar-refractivity contribution is 0.511. The van der Waals surface area contributed by atoms with Crippen molar-refractivity contribution in [3.63, 3.8) is 0 Å². The Morgan fingerprint density at radius 3 is 1.82 bits per heavy atom. The molecule has 0 N–H and O–H groups in total. The standard InChI is InChI=1S/C9H21NS/c1-7-9(5,6)10-11-8(2,3)4/h11H,7H2,1-6H3. The molecule has 0 heterocycles. The van der Waals surface area contributed by atoms with E-state index in [0.29, 0.717) is 4.75 Å². The first-order chi connectivity index (χ1) is 4.77. The average molecular weight is 175 g/mol. The Bertz CT molecular complexity index is 142. The molecule has 0 atom stereocenters. The molecule has 0 aromatic heterocycles. The van der Waals surface area contributed by atoms with E-state index in [2.05, 4.69) is 45.9 Å². The Labute approximate surface area is 74.7 Å². The van der Waals surface area contributed by atoms with Crippen LogP contribution in [0, 0.1) is 0 Å². The van der Waals surface area contributed by atoms with Crippen LogP contribution in [-0.4, -0.2) is 10.3 Å². The van der Waals surface area contributed by atoms with Crippen LogP contribution in [0.25, 0.3) is 0 Å². The fraction of sp³-hybridized carbons (Fsp3) is 1.00. The predicted octanol–water partition coefficient (Wildman–Crippen LogP) is 2.97. The van der Waals surface area contributed by atoms with Crippen molar-refractivity contribution in [3.8, 4) is 0 Å². The fourth-order valence-electron chi connectivity index (χ4n) is 0.356. The maximum absolute atomic E-state index is 4.62. The zero-order valence-electron chi connectivity index (χ0n) is 8.60. The van der Waals surface area contributed by atoms with Crippen molar-refractivity contribution in [3.05, 3.63) is 0 Å². The van der Waals surface area contributed by atoms with E-state index in [1.54, 1.807) is 0 Å². The molecule has 0 unspecified atom stereocenters. The van der Waals surface area contributed by atoms with E-state index in [1.165, 1.54) is 11.6 Å². The van der Waals surface area contributed by atoms with Crippen LogP contribution in [0.4, 0.5) is 0 Å². The van der Waals surface area contributed by atoms with Gasteiger partial charge >= 0.3 is 0 Å². The van der Waals surface area contributed by atoms with Crippen LogP contribution < -0.4 is 0 Å². The predicted molar refractivity (Wildman–Crippen MR) is 55.3 cm³/mol. The minimum absolute atomic E-state index is 0.162. The van der Waals surface area contributed by atoms with Gasteiger partial charge in [-0.05, 0) is 20.3 Å². The zero-order chi connectivity index (χ0) is 9.12. The molecule has 0 saturated carbocycles. The van der Waals surface area contributed by atoms with E-state index in [0.717, 1.165) is 6.42 Å². The first kappa shape index (κ1) is 11.2. The highest BCUT2D eigenvalue weighted by Crippen LogP contribution is 2.15. The summed E-state index contributed by atoms with van der Waals surface area (Å²) in [6, 6.07) is 0. The fourth-order valence-corrected chi connectivity index (χ4v) is 1.07. The monoisotopic (exact) mass is 175 g/mol. The molecule has 0 spiro atoms. The second-order valence-electron chi connectivity index (χ2n) is 4.54. The summed E-state index contributed by atoms with van der Waals surface area (Å²) in [4.78, 5) is 0. The lowest BCUT2D eigenvalue weighted by atomic mass is 10.1. The largest absolute Gasteiger partial charge is 0.261 e. The molecule has 0 amide bonds. The molecule has 2 heteroatoms. The highest BCUT2D eigenvalue weighted by Gasteiger charge is 2.13. The number of nitrogens with zero attached hydrogens (tertiary/aromatic N) is 1. The Morgan fingerprint density at radius 2 is 1.55 bits per heavy atom. The molecular weight excluding hydrogens is 154 g/mol. The molecule has 0 saturated heterocycles. The SMILES string of the molecule is CCC(C)(C)/N=[SH]/C(C)(C)C. The number of rotatable bonds is 2. The zero-order valence-corrected chi connectivity index (χ0v) is 9.50. The Hall–Kier alpha value is 0.150. The maximum atomic E-state index is 4.62. The minimum atomic E-state index is 0.162. The maximum Gasteiger partial charge on any atom is 0.0615 e. The first-order valence-electron chi connectivity index (χ1n) is 4.21. The van der Waals surface area contributed by atoms with Gasteiger partial charge in [0.1, 0.15) is 0 Å². The van der Waals surface area contributed by atoms with Gasteiger partial charge in [0, 0.05) is 4.75 Å². The van der Waals surface area contributed by atoms with E-state index >= 15 is 0 Å². The van der Waals surface area contributed by atoms with Crippen molar-refractivity contribution in [2.45, 2.75) is 58.2 Å². The number of hydrogen-bond acceptors (Lipinski definition) is 1. The first-order valence-corrected chi connectivity index (χ1v) is 5.06. The summed E-state index contributed by atoms with van der Waals surface area (Å²) < 4.78 is 4.93. The second kappa shape index (κ2) is 3.70. The van der Waals surface area contributed by atoms with Crippen molar-refractivity contribution in [2.75, 3.05) is 0 Å². The van der Waals surface area contributed by atoms with Gasteiger partial charge in [0.25, 0.3) is 0 Å². The van der Waals surface area contributed by atoms with Crippen molar-refractivity contribution in [2.24, 2.45) is 4.36 Å². The summed E-state index contributed by atoms with van der Waals surface area (Å²) >= 11 is 1.21. The van der Waals surface area contributed by atoms with Gasteiger partial charge in [-0.1, -0.05) is 27.7 Å². The summed E-state index contributed by atoms with van der Waals surface area (Å²) in [6.07, 6.45) is 1.12. The topological polar surface area (TPSA) is 12.4 Å². The summed E-state index contributed by atoms with van der Waals surface area (Å²) in [6.45, 7) is 13.2. The molecule has 11 heavy (non-hydrogen) atoms. The molecule has 0 bridgehead atoms. The van der Waals surface area contributed by atoms with E-state index in [1.807, 2.05) is 0 Å². The molecular formula is C9H21NS. The van der Waals surface area contributed by atoms with Gasteiger partial charge in [-0.3, -0.25) is 4.36 Å². The number of hydrogen-bond donors (Lipinski definition) is 1. The summed E-state index contributed by atoms with van der Waals surface area (Å²) in [7, 11) is 0. The van der Waals surface area contributed by atoms with Gasteiger partial charge in [-0.2, -0.15) is 0 Å².